The van der Waals surface area contributed by atoms with E-state index in [4.69, 9.17) is 0 Å². The molecule has 0 bridgehead atoms. The summed E-state index contributed by atoms with van der Waals surface area (Å²) in [7, 11) is 0. The minimum Gasteiger partial charge on any atom is -0.276 e. The summed E-state index contributed by atoms with van der Waals surface area (Å²) in [6.45, 7) is 0. The van der Waals surface area contributed by atoms with Gasteiger partial charge in [0.1, 0.15) is 6.33 Å². The van der Waals surface area contributed by atoms with Crippen LogP contribution < -0.4 is 4.41 Å². The molecule has 5 heteroatoms. The van der Waals surface area contributed by atoms with Crippen molar-refractivity contribution in [2.45, 2.75) is 0 Å². The molecule has 0 saturated heterocycles. The van der Waals surface area contributed by atoms with E-state index >= 15 is 0 Å². The predicted molar refractivity (Wildman–Crippen MR) is 35.5 cm³/mol. The lowest BCUT2D eigenvalue weighted by Gasteiger charge is -2.06. The summed E-state index contributed by atoms with van der Waals surface area (Å²) in [5, 5.41) is 0. The van der Waals surface area contributed by atoms with E-state index in [9.17, 15) is 4.79 Å². The van der Waals surface area contributed by atoms with Crippen molar-refractivity contribution >= 4 is 19.2 Å². The van der Waals surface area contributed by atoms with Crippen molar-refractivity contribution < 1.29 is 4.79 Å². The van der Waals surface area contributed by atoms with Crippen molar-refractivity contribution in [3.05, 3.63) is 18.7 Å². The number of rotatable bonds is 2. The molecule has 0 saturated carbocycles. The van der Waals surface area contributed by atoms with Crippen molar-refractivity contribution in [1.29, 1.82) is 0 Å². The zero-order valence-corrected chi connectivity index (χ0v) is 5.40. The fourth-order valence-corrected chi connectivity index (χ4v) is 0.534. The lowest BCUT2D eigenvalue weighted by Crippen LogP contribution is -2.20. The molecule has 1 amide bonds. The van der Waals surface area contributed by atoms with E-state index in [0.717, 1.165) is 4.41 Å². The van der Waals surface area contributed by atoms with E-state index in [1.54, 1.807) is 12.4 Å². The highest BCUT2D eigenvalue weighted by Gasteiger charge is 1.92. The van der Waals surface area contributed by atoms with Crippen LogP contribution in [0.25, 0.3) is 0 Å². The van der Waals surface area contributed by atoms with Gasteiger partial charge in [-0.15, -0.1) is 0 Å². The molecule has 1 rings (SSSR count). The zero-order valence-electron chi connectivity index (χ0n) is 4.51. The number of hydrogen-bond donors (Lipinski definition) is 1. The lowest BCUT2D eigenvalue weighted by molar-refractivity contribution is -0.107. The van der Waals surface area contributed by atoms with Crippen molar-refractivity contribution in [2.75, 3.05) is 4.41 Å². The third kappa shape index (κ3) is 1.23. The number of thiol groups is 1. The Morgan fingerprint density at radius 1 is 1.78 bits per heavy atom. The van der Waals surface area contributed by atoms with Gasteiger partial charge >= 0.3 is 0 Å². The molecule has 0 aromatic carbocycles. The summed E-state index contributed by atoms with van der Waals surface area (Å²) in [4.78, 5) is 13.7. The zero-order chi connectivity index (χ0) is 6.69. The number of amides is 1. The topological polar surface area (TPSA) is 38.1 Å². The first-order valence-electron chi connectivity index (χ1n) is 2.26. The number of aromatic nitrogens is 2. The molecule has 1 aromatic rings. The average Bonchev–Trinajstić information content (AvgIpc) is 2.37. The SMILES string of the molecule is O=CN(S)n1ccnc1. The molecular weight excluding hydrogens is 138 g/mol. The summed E-state index contributed by atoms with van der Waals surface area (Å²) < 4.78 is 2.52. The van der Waals surface area contributed by atoms with Crippen LogP contribution in [0.5, 0.6) is 0 Å². The van der Waals surface area contributed by atoms with Crippen molar-refractivity contribution in [2.24, 2.45) is 0 Å². The van der Waals surface area contributed by atoms with E-state index in [-0.39, 0.29) is 0 Å². The number of carbonyl (C=O) groups excluding carboxylic acids is 1. The van der Waals surface area contributed by atoms with Gasteiger partial charge in [-0.2, -0.15) is 4.41 Å². The van der Waals surface area contributed by atoms with Crippen LogP contribution in [-0.2, 0) is 4.79 Å². The van der Waals surface area contributed by atoms with Gasteiger partial charge in [-0.05, 0) is 12.8 Å². The smallest absolute Gasteiger partial charge is 0.238 e. The van der Waals surface area contributed by atoms with Crippen LogP contribution in [0.4, 0.5) is 0 Å². The third-order valence-electron chi connectivity index (χ3n) is 0.821. The Labute approximate surface area is 57.6 Å². The first-order valence-corrected chi connectivity index (χ1v) is 2.66. The van der Waals surface area contributed by atoms with Crippen LogP contribution in [0, 0.1) is 0 Å². The molecular formula is C4H5N3OS. The fourth-order valence-electron chi connectivity index (χ4n) is 0.428. The molecule has 0 aliphatic carbocycles. The fraction of sp³-hybridized carbons (Fsp3) is 0. The number of imidazole rings is 1. The molecule has 0 aliphatic heterocycles. The van der Waals surface area contributed by atoms with E-state index in [1.165, 1.54) is 11.0 Å². The van der Waals surface area contributed by atoms with Gasteiger partial charge in [-0.3, -0.25) is 4.79 Å². The summed E-state index contributed by atoms with van der Waals surface area (Å²) in [5.41, 5.74) is 0. The second kappa shape index (κ2) is 2.54. The molecule has 9 heavy (non-hydrogen) atoms. The van der Waals surface area contributed by atoms with Crippen molar-refractivity contribution in [1.82, 2.24) is 9.66 Å². The second-order valence-electron chi connectivity index (χ2n) is 1.37. The predicted octanol–water partition coefficient (Wildman–Crippen LogP) is -0.178. The van der Waals surface area contributed by atoms with Gasteiger partial charge in [0.2, 0.25) is 6.41 Å². The molecule has 0 aliphatic rings. The Bertz CT molecular complexity index is 186. The average molecular weight is 143 g/mol. The standard InChI is InChI=1S/C4H5N3OS/c8-4-7(9)6-2-1-5-3-6/h1-4,9H. The molecule has 4 nitrogen and oxygen atoms in total. The molecule has 0 unspecified atom stereocenters. The summed E-state index contributed by atoms with van der Waals surface area (Å²) in [6.07, 6.45) is 5.22. The van der Waals surface area contributed by atoms with Crippen LogP contribution in [-0.4, -0.2) is 16.1 Å². The Morgan fingerprint density at radius 2 is 2.56 bits per heavy atom. The minimum absolute atomic E-state index is 0.574. The van der Waals surface area contributed by atoms with E-state index in [1.807, 2.05) is 0 Å². The van der Waals surface area contributed by atoms with Crippen molar-refractivity contribution in [3.8, 4) is 0 Å². The van der Waals surface area contributed by atoms with Gasteiger partial charge in [0.25, 0.3) is 0 Å². The van der Waals surface area contributed by atoms with Gasteiger partial charge < -0.3 is 0 Å². The Morgan fingerprint density at radius 3 is 3.00 bits per heavy atom. The molecule has 0 fully saturated rings. The maximum Gasteiger partial charge on any atom is 0.238 e. The number of carbonyl (C=O) groups is 1. The van der Waals surface area contributed by atoms with Gasteiger partial charge in [-0.1, -0.05) is 0 Å². The second-order valence-corrected chi connectivity index (χ2v) is 1.78. The minimum atomic E-state index is 0.574. The van der Waals surface area contributed by atoms with Crippen LogP contribution in [0.15, 0.2) is 18.7 Å². The highest BCUT2D eigenvalue weighted by atomic mass is 32.1. The van der Waals surface area contributed by atoms with Crippen LogP contribution in [0.3, 0.4) is 0 Å². The van der Waals surface area contributed by atoms with Crippen molar-refractivity contribution in [3.63, 3.8) is 0 Å². The van der Waals surface area contributed by atoms with Crippen LogP contribution >= 0.6 is 12.8 Å². The molecule has 48 valence electrons. The van der Waals surface area contributed by atoms with E-state index < -0.39 is 0 Å². The van der Waals surface area contributed by atoms with Gasteiger partial charge in [0.05, 0.1) is 0 Å². The van der Waals surface area contributed by atoms with Crippen LogP contribution in [0.2, 0.25) is 0 Å². The normalized spacial score (nSPS) is 9.00. The number of nitrogens with zero attached hydrogens (tertiary/aromatic N) is 3. The molecule has 1 heterocycles. The highest BCUT2D eigenvalue weighted by molar-refractivity contribution is 7.82. The number of hydrogen-bond acceptors (Lipinski definition) is 3. The molecule has 0 atom stereocenters. The van der Waals surface area contributed by atoms with Gasteiger partial charge in [0, 0.05) is 12.4 Å². The van der Waals surface area contributed by atoms with E-state index in [0.29, 0.717) is 6.41 Å². The molecule has 1 aromatic heterocycles. The van der Waals surface area contributed by atoms with Crippen LogP contribution in [0.1, 0.15) is 0 Å². The highest BCUT2D eigenvalue weighted by Crippen LogP contribution is 1.88. The molecule has 0 radical (unpaired) electrons. The first kappa shape index (κ1) is 6.15. The lowest BCUT2D eigenvalue weighted by atomic mass is 11.0. The van der Waals surface area contributed by atoms with Gasteiger partial charge in [-0.25, -0.2) is 9.66 Å². The third-order valence-corrected chi connectivity index (χ3v) is 1.12. The van der Waals surface area contributed by atoms with E-state index in [2.05, 4.69) is 17.8 Å². The Kier molecular flexibility index (Phi) is 1.74. The maximum atomic E-state index is 10.0. The Balaban J connectivity index is 2.76. The first-order chi connectivity index (χ1) is 4.34. The van der Waals surface area contributed by atoms with Gasteiger partial charge in [0.15, 0.2) is 0 Å². The quantitative estimate of drug-likeness (QED) is 0.461. The summed E-state index contributed by atoms with van der Waals surface area (Å²) in [6, 6.07) is 0. The Hall–Kier alpha value is -0.970. The molecule has 0 N–H and O–H groups in total. The maximum absolute atomic E-state index is 10.0. The molecule has 0 spiro atoms. The summed E-state index contributed by atoms with van der Waals surface area (Å²) in [5.74, 6) is 0. The summed E-state index contributed by atoms with van der Waals surface area (Å²) >= 11 is 3.77. The largest absolute Gasteiger partial charge is 0.276 e. The monoisotopic (exact) mass is 143 g/mol.